The van der Waals surface area contributed by atoms with Gasteiger partial charge >= 0.3 is 21.7 Å². The number of hydrogen-bond acceptors (Lipinski definition) is 2. The minimum atomic E-state index is 0. The van der Waals surface area contributed by atoms with Crippen LogP contribution >= 0.6 is 0 Å². The van der Waals surface area contributed by atoms with Gasteiger partial charge in [0, 0.05) is 12.1 Å². The van der Waals surface area contributed by atoms with E-state index in [0.717, 1.165) is 44.9 Å². The summed E-state index contributed by atoms with van der Waals surface area (Å²) < 4.78 is 0. The van der Waals surface area contributed by atoms with Gasteiger partial charge in [-0.3, -0.25) is 9.59 Å². The zero-order valence-electron chi connectivity index (χ0n) is 14.2. The molecule has 122 valence electrons. The Morgan fingerprint density at radius 1 is 1.05 bits per heavy atom. The van der Waals surface area contributed by atoms with Gasteiger partial charge in [-0.25, -0.2) is 0 Å². The topological polar surface area (TPSA) is 58.2 Å². The van der Waals surface area contributed by atoms with Gasteiger partial charge in [0.15, 0.2) is 0 Å². The van der Waals surface area contributed by atoms with Crippen molar-refractivity contribution in [2.24, 2.45) is 11.3 Å². The van der Waals surface area contributed by atoms with E-state index in [1.54, 1.807) is 0 Å². The van der Waals surface area contributed by atoms with E-state index >= 15 is 0 Å². The third kappa shape index (κ3) is 8.01. The van der Waals surface area contributed by atoms with E-state index in [0.29, 0.717) is 5.92 Å². The maximum absolute atomic E-state index is 10.8. The Kier molecular flexibility index (Phi) is 14.9. The molecule has 1 aliphatic rings. The molecule has 2 N–H and O–H groups in total. The van der Waals surface area contributed by atoms with E-state index in [4.69, 9.17) is 0 Å². The molecule has 0 saturated heterocycles. The molecule has 0 aromatic heterocycles. The first-order valence-corrected chi connectivity index (χ1v) is 6.93. The maximum Gasteiger partial charge on any atom is 2.00 e. The van der Waals surface area contributed by atoms with Gasteiger partial charge in [0.05, 0.1) is 0 Å². The second-order valence-corrected chi connectivity index (χ2v) is 6.16. The Balaban J connectivity index is -0.00000108. The van der Waals surface area contributed by atoms with Crippen LogP contribution in [0.4, 0.5) is 0 Å². The molecule has 1 saturated carbocycles. The first-order valence-electron chi connectivity index (χ1n) is 6.93. The second-order valence-electron chi connectivity index (χ2n) is 6.16. The molecule has 2 atom stereocenters. The molecular formula is C16H32N2O2Ti. The van der Waals surface area contributed by atoms with E-state index in [9.17, 15) is 9.59 Å². The zero-order valence-corrected chi connectivity index (χ0v) is 15.8. The molecule has 1 aliphatic carbocycles. The quantitative estimate of drug-likeness (QED) is 0.428. The SMILES string of the molecule is CCCCC1C(NC=O)CC(C)(C)CC1NC=O.[CH3-].[CH3-].[Ti+2]. The zero-order chi connectivity index (χ0) is 13.6. The van der Waals surface area contributed by atoms with Crippen molar-refractivity contribution in [1.82, 2.24) is 10.6 Å². The van der Waals surface area contributed by atoms with Crippen molar-refractivity contribution >= 4 is 12.8 Å². The van der Waals surface area contributed by atoms with Gasteiger partial charge in [-0.1, -0.05) is 33.6 Å². The standard InChI is InChI=1S/C14H26N2O2.2CH3.Ti/c1-4-5-6-11-12(15-9-17)7-14(2,3)8-13(11)16-10-18;;;/h9-13H,4-8H2,1-3H3,(H,15,17)(H,16,18);2*1H3;/q;2*-1;+2. The molecule has 4 nitrogen and oxygen atoms in total. The summed E-state index contributed by atoms with van der Waals surface area (Å²) >= 11 is 0. The normalized spacial score (nSPS) is 26.1. The van der Waals surface area contributed by atoms with Crippen LogP contribution in [0.2, 0.25) is 0 Å². The van der Waals surface area contributed by atoms with Crippen LogP contribution < -0.4 is 10.6 Å². The molecule has 0 heterocycles. The number of rotatable bonds is 7. The monoisotopic (exact) mass is 332 g/mol. The van der Waals surface area contributed by atoms with Crippen molar-refractivity contribution in [3.63, 3.8) is 0 Å². The Hall–Kier alpha value is -0.346. The molecule has 0 aromatic rings. The molecule has 1 fully saturated rings. The maximum atomic E-state index is 10.8. The Morgan fingerprint density at radius 3 is 1.81 bits per heavy atom. The van der Waals surface area contributed by atoms with Crippen molar-refractivity contribution in [3.8, 4) is 0 Å². The molecule has 1 rings (SSSR count). The summed E-state index contributed by atoms with van der Waals surface area (Å²) in [5, 5.41) is 5.90. The largest absolute Gasteiger partial charge is 2.00 e. The van der Waals surface area contributed by atoms with Gasteiger partial charge in [0.25, 0.3) is 0 Å². The Labute approximate surface area is 146 Å². The van der Waals surface area contributed by atoms with E-state index in [-0.39, 0.29) is 54.1 Å². The molecule has 0 radical (unpaired) electrons. The molecule has 0 spiro atoms. The minimum absolute atomic E-state index is 0. The van der Waals surface area contributed by atoms with Gasteiger partial charge in [-0.2, -0.15) is 0 Å². The van der Waals surface area contributed by atoms with E-state index in [1.165, 1.54) is 0 Å². The predicted octanol–water partition coefficient (Wildman–Crippen LogP) is 2.74. The van der Waals surface area contributed by atoms with Crippen LogP contribution in [0, 0.1) is 26.2 Å². The van der Waals surface area contributed by atoms with Crippen molar-refractivity contribution < 1.29 is 31.3 Å². The third-order valence-corrected chi connectivity index (χ3v) is 4.03. The Bertz CT molecular complexity index is 263. The molecular weight excluding hydrogens is 300 g/mol. The summed E-state index contributed by atoms with van der Waals surface area (Å²) in [5.41, 5.74) is 0.157. The summed E-state index contributed by atoms with van der Waals surface area (Å²) in [5.74, 6) is 0.355. The van der Waals surface area contributed by atoms with Gasteiger partial charge < -0.3 is 25.5 Å². The number of carbonyl (C=O) groups excluding carboxylic acids is 2. The smallest absolute Gasteiger partial charge is 0.358 e. The molecule has 21 heavy (non-hydrogen) atoms. The molecule has 2 unspecified atom stereocenters. The summed E-state index contributed by atoms with van der Waals surface area (Å²) in [4.78, 5) is 21.5. The minimum Gasteiger partial charge on any atom is -0.358 e. The van der Waals surface area contributed by atoms with Crippen LogP contribution in [-0.4, -0.2) is 24.9 Å². The molecule has 2 amide bonds. The van der Waals surface area contributed by atoms with Crippen molar-refractivity contribution in [2.75, 3.05) is 0 Å². The molecule has 0 aromatic carbocycles. The van der Waals surface area contributed by atoms with Gasteiger partial charge in [0.1, 0.15) is 0 Å². The van der Waals surface area contributed by atoms with Crippen molar-refractivity contribution in [3.05, 3.63) is 14.9 Å². The fraction of sp³-hybridized carbons (Fsp3) is 0.750. The van der Waals surface area contributed by atoms with Crippen LogP contribution in [-0.2, 0) is 31.3 Å². The average Bonchev–Trinajstić information content (AvgIpc) is 2.28. The second kappa shape index (κ2) is 12.2. The first-order chi connectivity index (χ1) is 8.54. The summed E-state index contributed by atoms with van der Waals surface area (Å²) in [7, 11) is 0. The first kappa shape index (κ1) is 25.6. The van der Waals surface area contributed by atoms with Crippen molar-refractivity contribution in [1.29, 1.82) is 0 Å². The summed E-state index contributed by atoms with van der Waals surface area (Å²) in [6, 6.07) is 0.352. The van der Waals surface area contributed by atoms with Gasteiger partial charge in [-0.15, -0.1) is 0 Å². The summed E-state index contributed by atoms with van der Waals surface area (Å²) in [6.07, 6.45) is 6.89. The summed E-state index contributed by atoms with van der Waals surface area (Å²) in [6.45, 7) is 6.56. The molecule has 0 bridgehead atoms. The van der Waals surface area contributed by atoms with Gasteiger partial charge in [0.2, 0.25) is 12.8 Å². The van der Waals surface area contributed by atoms with Crippen LogP contribution in [0.3, 0.4) is 0 Å². The van der Waals surface area contributed by atoms with Crippen LogP contribution in [0.15, 0.2) is 0 Å². The Morgan fingerprint density at radius 2 is 1.48 bits per heavy atom. The van der Waals surface area contributed by atoms with Crippen LogP contribution in [0.5, 0.6) is 0 Å². The van der Waals surface area contributed by atoms with E-state index < -0.39 is 0 Å². The van der Waals surface area contributed by atoms with Crippen LogP contribution in [0.1, 0.15) is 52.9 Å². The molecule has 5 heteroatoms. The van der Waals surface area contributed by atoms with Crippen molar-refractivity contribution in [2.45, 2.75) is 65.0 Å². The number of hydrogen-bond donors (Lipinski definition) is 2. The average molecular weight is 332 g/mol. The third-order valence-electron chi connectivity index (χ3n) is 4.03. The fourth-order valence-electron chi connectivity index (χ4n) is 3.24. The van der Waals surface area contributed by atoms with Crippen LogP contribution in [0.25, 0.3) is 0 Å². The molecule has 0 aliphatic heterocycles. The van der Waals surface area contributed by atoms with Gasteiger partial charge in [-0.05, 0) is 30.6 Å². The van der Waals surface area contributed by atoms with E-state index in [2.05, 4.69) is 31.4 Å². The fourth-order valence-corrected chi connectivity index (χ4v) is 3.24. The van der Waals surface area contributed by atoms with E-state index in [1.807, 2.05) is 0 Å². The predicted molar refractivity (Wildman–Crippen MR) is 84.8 cm³/mol. The number of unbranched alkanes of at least 4 members (excludes halogenated alkanes) is 1. The number of carbonyl (C=O) groups is 2. The number of nitrogens with one attached hydrogen (secondary N) is 2. The number of amides is 2.